The highest BCUT2D eigenvalue weighted by Crippen LogP contribution is 2.25. The van der Waals surface area contributed by atoms with Crippen LogP contribution >= 0.6 is 0 Å². The van der Waals surface area contributed by atoms with Crippen LogP contribution < -0.4 is 0 Å². The Bertz CT molecular complexity index is 774. The van der Waals surface area contributed by atoms with Crippen LogP contribution in [-0.4, -0.2) is 36.5 Å². The van der Waals surface area contributed by atoms with Crippen LogP contribution in [0.5, 0.6) is 0 Å². The molecule has 0 unspecified atom stereocenters. The molecule has 0 N–H and O–H groups in total. The lowest BCUT2D eigenvalue weighted by atomic mass is 9.99. The fourth-order valence-electron chi connectivity index (χ4n) is 3.20. The van der Waals surface area contributed by atoms with Gasteiger partial charge in [0.1, 0.15) is 0 Å². The molecule has 0 bridgehead atoms. The molecular weight excluding hydrogens is 326 g/mol. The molecule has 0 aromatic heterocycles. The molecule has 3 rings (SSSR count). The van der Waals surface area contributed by atoms with Crippen molar-refractivity contribution in [1.29, 1.82) is 0 Å². The lowest BCUT2D eigenvalue weighted by Crippen LogP contribution is -2.40. The van der Waals surface area contributed by atoms with Crippen LogP contribution in [0.25, 0.3) is 11.1 Å². The number of likely N-dealkylation sites (tertiary alicyclic amines) is 1. The van der Waals surface area contributed by atoms with E-state index in [1.807, 2.05) is 49.4 Å². The van der Waals surface area contributed by atoms with E-state index in [1.165, 1.54) is 0 Å². The first-order valence-electron chi connectivity index (χ1n) is 9.15. The van der Waals surface area contributed by atoms with Gasteiger partial charge in [0.05, 0.1) is 5.56 Å². The molecule has 0 spiro atoms. The van der Waals surface area contributed by atoms with E-state index in [1.54, 1.807) is 11.0 Å². The normalized spacial score (nSPS) is 14.9. The molecule has 1 aliphatic heterocycles. The second kappa shape index (κ2) is 8.17. The van der Waals surface area contributed by atoms with Gasteiger partial charge in [0, 0.05) is 13.1 Å². The summed E-state index contributed by atoms with van der Waals surface area (Å²) < 4.78 is 5.33. The van der Waals surface area contributed by atoms with Crippen molar-refractivity contribution >= 4 is 11.9 Å². The van der Waals surface area contributed by atoms with Crippen molar-refractivity contribution in [3.8, 4) is 11.1 Å². The molecule has 2 aromatic rings. The number of hydrogen-bond donors (Lipinski definition) is 0. The Kier molecular flexibility index (Phi) is 5.71. The average Bonchev–Trinajstić information content (AvgIpc) is 2.67. The molecule has 4 heteroatoms. The smallest absolute Gasteiger partial charge is 0.339 e. The van der Waals surface area contributed by atoms with Crippen LogP contribution in [0.1, 0.15) is 35.7 Å². The molecule has 136 valence electrons. The number of benzene rings is 2. The molecule has 26 heavy (non-hydrogen) atoms. The van der Waals surface area contributed by atoms with Crippen molar-refractivity contribution in [3.63, 3.8) is 0 Å². The number of esters is 1. The van der Waals surface area contributed by atoms with Crippen LogP contribution in [0.4, 0.5) is 0 Å². The third kappa shape index (κ3) is 4.31. The minimum atomic E-state index is -0.458. The minimum absolute atomic E-state index is 0.113. The number of piperidine rings is 1. The van der Waals surface area contributed by atoms with Crippen molar-refractivity contribution in [2.75, 3.05) is 19.7 Å². The van der Waals surface area contributed by atoms with Crippen LogP contribution in [0.3, 0.4) is 0 Å². The predicted octanol–water partition coefficient (Wildman–Crippen LogP) is 4.08. The number of nitrogens with zero attached hydrogens (tertiary/aromatic N) is 1. The number of carbonyl (C=O) groups is 2. The molecule has 0 atom stereocenters. The molecule has 4 nitrogen and oxygen atoms in total. The first-order chi connectivity index (χ1) is 12.5. The van der Waals surface area contributed by atoms with E-state index in [0.717, 1.165) is 42.6 Å². The van der Waals surface area contributed by atoms with E-state index in [2.05, 4.69) is 6.92 Å². The average molecular weight is 351 g/mol. The summed E-state index contributed by atoms with van der Waals surface area (Å²) in [7, 11) is 0. The minimum Gasteiger partial charge on any atom is -0.452 e. The quantitative estimate of drug-likeness (QED) is 0.780. The van der Waals surface area contributed by atoms with Gasteiger partial charge in [0.15, 0.2) is 6.61 Å². The molecule has 1 aliphatic rings. The van der Waals surface area contributed by atoms with Gasteiger partial charge in [-0.3, -0.25) is 4.79 Å². The number of ether oxygens (including phenoxy) is 1. The number of hydrogen-bond acceptors (Lipinski definition) is 3. The third-order valence-corrected chi connectivity index (χ3v) is 4.97. The fourth-order valence-corrected chi connectivity index (χ4v) is 3.20. The summed E-state index contributed by atoms with van der Waals surface area (Å²) in [6, 6.07) is 15.3. The highest BCUT2D eigenvalue weighted by atomic mass is 16.5. The molecule has 1 heterocycles. The van der Waals surface area contributed by atoms with Gasteiger partial charge >= 0.3 is 5.97 Å². The lowest BCUT2D eigenvalue weighted by molar-refractivity contribution is -0.135. The van der Waals surface area contributed by atoms with Gasteiger partial charge in [0.25, 0.3) is 5.91 Å². The predicted molar refractivity (Wildman–Crippen MR) is 102 cm³/mol. The van der Waals surface area contributed by atoms with Crippen LogP contribution in [-0.2, 0) is 9.53 Å². The van der Waals surface area contributed by atoms with Gasteiger partial charge in [-0.15, -0.1) is 0 Å². The highest BCUT2D eigenvalue weighted by Gasteiger charge is 2.22. The van der Waals surface area contributed by atoms with Gasteiger partial charge in [-0.25, -0.2) is 4.79 Å². The monoisotopic (exact) mass is 351 g/mol. The SMILES string of the molecule is Cc1ccc(-c2ccccc2C(=O)OCC(=O)N2CCC(C)CC2)cc1. The van der Waals surface area contributed by atoms with Gasteiger partial charge in [-0.1, -0.05) is 55.0 Å². The standard InChI is InChI=1S/C22H25NO3/c1-16-7-9-18(10-8-16)19-5-3-4-6-20(19)22(25)26-15-21(24)23-13-11-17(2)12-14-23/h3-10,17H,11-15H2,1-2H3. The van der Waals surface area contributed by atoms with Crippen LogP contribution in [0.15, 0.2) is 48.5 Å². The van der Waals surface area contributed by atoms with Crippen molar-refractivity contribution < 1.29 is 14.3 Å². The maximum Gasteiger partial charge on any atom is 0.339 e. The molecule has 0 saturated carbocycles. The Hall–Kier alpha value is -2.62. The summed E-state index contributed by atoms with van der Waals surface area (Å²) in [5.41, 5.74) is 3.42. The first kappa shape index (κ1) is 18.2. The van der Waals surface area contributed by atoms with Gasteiger partial charge in [-0.2, -0.15) is 0 Å². The van der Waals surface area contributed by atoms with Crippen molar-refractivity contribution in [1.82, 2.24) is 4.90 Å². The molecule has 0 radical (unpaired) electrons. The van der Waals surface area contributed by atoms with E-state index in [0.29, 0.717) is 11.5 Å². The summed E-state index contributed by atoms with van der Waals surface area (Å²) in [4.78, 5) is 26.6. The molecule has 1 fully saturated rings. The van der Waals surface area contributed by atoms with E-state index in [9.17, 15) is 9.59 Å². The zero-order valence-corrected chi connectivity index (χ0v) is 15.4. The Morgan fingerprint density at radius 2 is 1.69 bits per heavy atom. The van der Waals surface area contributed by atoms with E-state index in [4.69, 9.17) is 4.74 Å². The topological polar surface area (TPSA) is 46.6 Å². The summed E-state index contributed by atoms with van der Waals surface area (Å²) in [5, 5.41) is 0. The van der Waals surface area contributed by atoms with Crippen molar-refractivity contribution in [2.24, 2.45) is 5.92 Å². The first-order valence-corrected chi connectivity index (χ1v) is 9.15. The second-order valence-electron chi connectivity index (χ2n) is 7.05. The van der Waals surface area contributed by atoms with Crippen LogP contribution in [0.2, 0.25) is 0 Å². The molecule has 1 saturated heterocycles. The Morgan fingerprint density at radius 1 is 1.04 bits per heavy atom. The largest absolute Gasteiger partial charge is 0.452 e. The molecule has 2 aromatic carbocycles. The Labute approximate surface area is 154 Å². The fraction of sp³-hybridized carbons (Fsp3) is 0.364. The van der Waals surface area contributed by atoms with E-state index >= 15 is 0 Å². The third-order valence-electron chi connectivity index (χ3n) is 4.97. The number of amides is 1. The van der Waals surface area contributed by atoms with Gasteiger partial charge in [-0.05, 0) is 42.9 Å². The molecule has 1 amide bonds. The Balaban J connectivity index is 1.67. The number of rotatable bonds is 4. The summed E-state index contributed by atoms with van der Waals surface area (Å²) in [6.07, 6.45) is 2.02. The molecule has 0 aliphatic carbocycles. The van der Waals surface area contributed by atoms with Crippen molar-refractivity contribution in [2.45, 2.75) is 26.7 Å². The Morgan fingerprint density at radius 3 is 2.38 bits per heavy atom. The highest BCUT2D eigenvalue weighted by molar-refractivity contribution is 5.98. The zero-order chi connectivity index (χ0) is 18.5. The van der Waals surface area contributed by atoms with Crippen LogP contribution in [0, 0.1) is 12.8 Å². The maximum atomic E-state index is 12.6. The summed E-state index contributed by atoms with van der Waals surface area (Å²) in [5.74, 6) is 0.0842. The van der Waals surface area contributed by atoms with E-state index in [-0.39, 0.29) is 12.5 Å². The van der Waals surface area contributed by atoms with Gasteiger partial charge in [0.2, 0.25) is 0 Å². The van der Waals surface area contributed by atoms with Crippen molar-refractivity contribution in [3.05, 3.63) is 59.7 Å². The number of carbonyl (C=O) groups excluding carboxylic acids is 2. The second-order valence-corrected chi connectivity index (χ2v) is 7.05. The van der Waals surface area contributed by atoms with E-state index < -0.39 is 5.97 Å². The maximum absolute atomic E-state index is 12.6. The number of aryl methyl sites for hydroxylation is 1. The summed E-state index contributed by atoms with van der Waals surface area (Å²) >= 11 is 0. The summed E-state index contributed by atoms with van der Waals surface area (Å²) in [6.45, 7) is 5.52. The lowest BCUT2D eigenvalue weighted by Gasteiger charge is -2.30. The van der Waals surface area contributed by atoms with Gasteiger partial charge < -0.3 is 9.64 Å². The zero-order valence-electron chi connectivity index (χ0n) is 15.4. The molecular formula is C22H25NO3.